The number of nitrogens with one attached hydrogen (secondary N) is 1. The number of carbonyl (C=O) groups is 2. The number of aromatic nitrogens is 1. The van der Waals surface area contributed by atoms with Crippen molar-refractivity contribution in [1.29, 1.82) is 0 Å². The van der Waals surface area contributed by atoms with Gasteiger partial charge in [-0.2, -0.15) is 0 Å². The molecule has 1 aromatic rings. The normalized spacial score (nSPS) is 16.8. The predicted molar refractivity (Wildman–Crippen MR) is 72.0 cm³/mol. The summed E-state index contributed by atoms with van der Waals surface area (Å²) in [6.45, 7) is 1.72. The van der Waals surface area contributed by atoms with E-state index in [1.165, 1.54) is 18.5 Å². The number of rotatable bonds is 4. The first kappa shape index (κ1) is 14.3. The molecule has 0 aliphatic carbocycles. The van der Waals surface area contributed by atoms with Gasteiger partial charge in [0.1, 0.15) is 5.75 Å². The number of carbonyl (C=O) groups excluding carboxylic acids is 2. The van der Waals surface area contributed by atoms with Crippen LogP contribution in [0.15, 0.2) is 18.5 Å². The molecule has 108 valence electrons. The number of hydrogen-bond acceptors (Lipinski definition) is 5. The van der Waals surface area contributed by atoms with Gasteiger partial charge in [-0.1, -0.05) is 0 Å². The summed E-state index contributed by atoms with van der Waals surface area (Å²) in [7, 11) is 0. The summed E-state index contributed by atoms with van der Waals surface area (Å²) in [6, 6.07) is 1.44. The van der Waals surface area contributed by atoms with Crippen LogP contribution in [0.4, 0.5) is 0 Å². The van der Waals surface area contributed by atoms with Crippen molar-refractivity contribution in [2.24, 2.45) is 5.73 Å². The number of piperidine rings is 1. The van der Waals surface area contributed by atoms with Crippen LogP contribution >= 0.6 is 0 Å². The highest BCUT2D eigenvalue weighted by Crippen LogP contribution is 2.12. The Labute approximate surface area is 116 Å². The number of aromatic hydroxyl groups is 1. The molecule has 0 radical (unpaired) electrons. The summed E-state index contributed by atoms with van der Waals surface area (Å²) >= 11 is 0. The van der Waals surface area contributed by atoms with Gasteiger partial charge >= 0.3 is 0 Å². The average molecular weight is 278 g/mol. The number of pyridine rings is 1. The van der Waals surface area contributed by atoms with Crippen LogP contribution in [0.25, 0.3) is 0 Å². The molecule has 1 aromatic heterocycles. The lowest BCUT2D eigenvalue weighted by molar-refractivity contribution is -0.119. The van der Waals surface area contributed by atoms with Gasteiger partial charge in [-0.15, -0.1) is 0 Å². The summed E-state index contributed by atoms with van der Waals surface area (Å²) in [4.78, 5) is 28.5. The third kappa shape index (κ3) is 3.92. The van der Waals surface area contributed by atoms with E-state index in [2.05, 4.69) is 10.3 Å². The molecule has 2 rings (SSSR count). The van der Waals surface area contributed by atoms with Gasteiger partial charge in [0.15, 0.2) is 0 Å². The molecule has 0 saturated carbocycles. The lowest BCUT2D eigenvalue weighted by Crippen LogP contribution is -2.46. The van der Waals surface area contributed by atoms with Crippen LogP contribution in [-0.4, -0.2) is 52.5 Å². The van der Waals surface area contributed by atoms with Gasteiger partial charge in [0.05, 0.1) is 18.3 Å². The minimum atomic E-state index is -0.335. The molecule has 2 heterocycles. The van der Waals surface area contributed by atoms with Gasteiger partial charge in [0.2, 0.25) is 5.91 Å². The predicted octanol–water partition coefficient (Wildman–Crippen LogP) is -0.533. The Balaban J connectivity index is 1.83. The zero-order valence-electron chi connectivity index (χ0n) is 11.1. The van der Waals surface area contributed by atoms with E-state index < -0.39 is 0 Å². The molecule has 2 amide bonds. The largest absolute Gasteiger partial charge is 0.506 e. The molecule has 0 atom stereocenters. The standard InChI is InChI=1S/C13H18N4O3/c14-12(19)8-17-3-1-10(2-4-17)16-13(20)9-5-11(18)7-15-6-9/h5-7,10,18H,1-4,8H2,(H2,14,19)(H,16,20). The van der Waals surface area contributed by atoms with E-state index in [9.17, 15) is 14.7 Å². The molecule has 4 N–H and O–H groups in total. The molecule has 0 aromatic carbocycles. The molecule has 0 unspecified atom stereocenters. The Hall–Kier alpha value is -2.15. The fraction of sp³-hybridized carbons (Fsp3) is 0.462. The topological polar surface area (TPSA) is 109 Å². The Morgan fingerprint density at radius 2 is 2.10 bits per heavy atom. The Bertz CT molecular complexity index is 498. The molecule has 7 heteroatoms. The molecular formula is C13H18N4O3. The van der Waals surface area contributed by atoms with Crippen molar-refractivity contribution < 1.29 is 14.7 Å². The van der Waals surface area contributed by atoms with E-state index in [0.717, 1.165) is 25.9 Å². The summed E-state index contributed by atoms with van der Waals surface area (Å²) in [5.41, 5.74) is 5.49. The average Bonchev–Trinajstić information content (AvgIpc) is 2.40. The quantitative estimate of drug-likeness (QED) is 0.686. The van der Waals surface area contributed by atoms with Crippen molar-refractivity contribution in [3.05, 3.63) is 24.0 Å². The Morgan fingerprint density at radius 3 is 2.70 bits per heavy atom. The third-order valence-electron chi connectivity index (χ3n) is 3.29. The molecule has 1 fully saturated rings. The first-order valence-electron chi connectivity index (χ1n) is 6.50. The maximum Gasteiger partial charge on any atom is 0.253 e. The zero-order valence-corrected chi connectivity index (χ0v) is 11.1. The second-order valence-electron chi connectivity index (χ2n) is 4.92. The maximum atomic E-state index is 12.0. The summed E-state index contributed by atoms with van der Waals surface area (Å²) < 4.78 is 0. The minimum Gasteiger partial charge on any atom is -0.506 e. The smallest absolute Gasteiger partial charge is 0.253 e. The van der Waals surface area contributed by atoms with Gasteiger partial charge in [0.25, 0.3) is 5.91 Å². The number of nitrogens with zero attached hydrogens (tertiary/aromatic N) is 2. The van der Waals surface area contributed by atoms with Gasteiger partial charge in [-0.25, -0.2) is 0 Å². The summed E-state index contributed by atoms with van der Waals surface area (Å²) in [6.07, 6.45) is 4.23. The highest BCUT2D eigenvalue weighted by molar-refractivity contribution is 5.94. The second kappa shape index (κ2) is 6.33. The van der Waals surface area contributed by atoms with Crippen LogP contribution in [0.1, 0.15) is 23.2 Å². The van der Waals surface area contributed by atoms with Crippen molar-refractivity contribution in [3.8, 4) is 5.75 Å². The van der Waals surface area contributed by atoms with E-state index in [0.29, 0.717) is 5.56 Å². The Kier molecular flexibility index (Phi) is 4.52. The molecule has 1 saturated heterocycles. The number of hydrogen-bond donors (Lipinski definition) is 3. The van der Waals surface area contributed by atoms with Crippen LogP contribution < -0.4 is 11.1 Å². The highest BCUT2D eigenvalue weighted by atomic mass is 16.3. The first-order valence-corrected chi connectivity index (χ1v) is 6.50. The Morgan fingerprint density at radius 1 is 1.40 bits per heavy atom. The van der Waals surface area contributed by atoms with Crippen LogP contribution in [-0.2, 0) is 4.79 Å². The number of likely N-dealkylation sites (tertiary alicyclic amines) is 1. The SMILES string of the molecule is NC(=O)CN1CCC(NC(=O)c2cncc(O)c2)CC1. The third-order valence-corrected chi connectivity index (χ3v) is 3.29. The maximum absolute atomic E-state index is 12.0. The van der Waals surface area contributed by atoms with Crippen molar-refractivity contribution in [1.82, 2.24) is 15.2 Å². The van der Waals surface area contributed by atoms with Crippen LogP contribution in [0, 0.1) is 0 Å². The zero-order chi connectivity index (χ0) is 14.5. The minimum absolute atomic E-state index is 0.0334. The lowest BCUT2D eigenvalue weighted by Gasteiger charge is -2.31. The number of nitrogens with two attached hydrogens (primary N) is 1. The molecule has 7 nitrogen and oxygen atoms in total. The van der Waals surface area contributed by atoms with Gasteiger partial charge in [0, 0.05) is 25.3 Å². The molecule has 0 bridgehead atoms. The highest BCUT2D eigenvalue weighted by Gasteiger charge is 2.22. The van der Waals surface area contributed by atoms with Crippen molar-refractivity contribution in [2.75, 3.05) is 19.6 Å². The first-order chi connectivity index (χ1) is 9.54. The summed E-state index contributed by atoms with van der Waals surface area (Å²) in [5.74, 6) is -0.617. The van der Waals surface area contributed by atoms with Crippen LogP contribution in [0.3, 0.4) is 0 Å². The van der Waals surface area contributed by atoms with Crippen molar-refractivity contribution >= 4 is 11.8 Å². The van der Waals surface area contributed by atoms with Gasteiger partial charge in [-0.05, 0) is 18.9 Å². The second-order valence-corrected chi connectivity index (χ2v) is 4.92. The van der Waals surface area contributed by atoms with Crippen molar-refractivity contribution in [3.63, 3.8) is 0 Å². The van der Waals surface area contributed by atoms with Gasteiger partial charge < -0.3 is 16.2 Å². The number of primary amides is 1. The van der Waals surface area contributed by atoms with Crippen molar-refractivity contribution in [2.45, 2.75) is 18.9 Å². The molecule has 1 aliphatic heterocycles. The number of amides is 2. The van der Waals surface area contributed by atoms with E-state index in [1.54, 1.807) is 0 Å². The fourth-order valence-electron chi connectivity index (χ4n) is 2.28. The van der Waals surface area contributed by atoms with E-state index in [-0.39, 0.29) is 30.2 Å². The molecule has 1 aliphatic rings. The van der Waals surface area contributed by atoms with E-state index in [4.69, 9.17) is 5.73 Å². The monoisotopic (exact) mass is 278 g/mol. The lowest BCUT2D eigenvalue weighted by atomic mass is 10.0. The van der Waals surface area contributed by atoms with E-state index in [1.807, 2.05) is 4.90 Å². The summed E-state index contributed by atoms with van der Waals surface area (Å²) in [5, 5.41) is 12.2. The molecule has 0 spiro atoms. The van der Waals surface area contributed by atoms with E-state index >= 15 is 0 Å². The molecule has 20 heavy (non-hydrogen) atoms. The van der Waals surface area contributed by atoms with Gasteiger partial charge in [-0.3, -0.25) is 19.5 Å². The fourth-order valence-corrected chi connectivity index (χ4v) is 2.28. The molecular weight excluding hydrogens is 260 g/mol. The van der Waals surface area contributed by atoms with Crippen LogP contribution in [0.2, 0.25) is 0 Å². The van der Waals surface area contributed by atoms with Crippen LogP contribution in [0.5, 0.6) is 5.75 Å².